The molecular weight excluding hydrogens is 569 g/mol. The number of anilines is 1. The van der Waals surface area contributed by atoms with E-state index in [4.69, 9.17) is 23.2 Å². The van der Waals surface area contributed by atoms with Crippen molar-refractivity contribution in [3.63, 3.8) is 0 Å². The molecule has 40 heavy (non-hydrogen) atoms. The molecule has 0 heterocycles. The summed E-state index contributed by atoms with van der Waals surface area (Å²) in [5.74, 6) is -0.798. The van der Waals surface area contributed by atoms with Crippen molar-refractivity contribution in [1.29, 1.82) is 0 Å². The minimum Gasteiger partial charge on any atom is -0.352 e. The van der Waals surface area contributed by atoms with Gasteiger partial charge in [-0.1, -0.05) is 72.4 Å². The Hall–Kier alpha value is -3.07. The number of rotatable bonds is 10. The Kier molecular flexibility index (Phi) is 9.77. The molecule has 0 aromatic heterocycles. The molecule has 1 aliphatic rings. The van der Waals surface area contributed by atoms with Crippen molar-refractivity contribution in [2.45, 2.75) is 63.1 Å². The van der Waals surface area contributed by atoms with Crippen LogP contribution >= 0.6 is 23.2 Å². The molecule has 0 aliphatic heterocycles. The third-order valence-corrected chi connectivity index (χ3v) is 9.45. The molecule has 1 unspecified atom stereocenters. The fraction of sp³-hybridized carbons (Fsp3) is 0.333. The molecule has 0 saturated heterocycles. The van der Waals surface area contributed by atoms with Gasteiger partial charge in [0.15, 0.2) is 0 Å². The predicted molar refractivity (Wildman–Crippen MR) is 159 cm³/mol. The quantitative estimate of drug-likeness (QED) is 0.310. The number of nitrogens with one attached hydrogen (secondary N) is 1. The Morgan fingerprint density at radius 2 is 1.57 bits per heavy atom. The highest BCUT2D eigenvalue weighted by atomic mass is 35.5. The van der Waals surface area contributed by atoms with E-state index in [1.165, 1.54) is 23.1 Å². The minimum atomic E-state index is -4.16. The van der Waals surface area contributed by atoms with Crippen LogP contribution in [0, 0.1) is 6.92 Å². The van der Waals surface area contributed by atoms with Crippen LogP contribution in [0.3, 0.4) is 0 Å². The summed E-state index contributed by atoms with van der Waals surface area (Å²) in [7, 11) is -4.16. The van der Waals surface area contributed by atoms with Gasteiger partial charge in [-0.15, -0.1) is 0 Å². The summed E-state index contributed by atoms with van der Waals surface area (Å²) < 4.78 is 28.9. The number of carbonyl (C=O) groups is 2. The van der Waals surface area contributed by atoms with E-state index in [9.17, 15) is 18.0 Å². The van der Waals surface area contributed by atoms with Gasteiger partial charge in [-0.25, -0.2) is 8.42 Å². The van der Waals surface area contributed by atoms with Crippen LogP contribution in [0.2, 0.25) is 10.0 Å². The highest BCUT2D eigenvalue weighted by Gasteiger charge is 2.34. The third-order valence-electron chi connectivity index (χ3n) is 7.18. The normalized spacial score (nSPS) is 14.5. The van der Waals surface area contributed by atoms with Gasteiger partial charge in [-0.3, -0.25) is 13.9 Å². The first kappa shape index (κ1) is 29.9. The Morgan fingerprint density at radius 3 is 2.23 bits per heavy atom. The highest BCUT2D eigenvalue weighted by Crippen LogP contribution is 2.30. The smallest absolute Gasteiger partial charge is 0.264 e. The SMILES string of the molecule is Cc1ccc(Cl)cc1N(CC(=O)N(Cc1ccc(Cl)cc1)C(C)C(=O)NC1CCCC1)S(=O)(=O)c1ccccc1. The van der Waals surface area contributed by atoms with E-state index in [1.54, 1.807) is 68.4 Å². The van der Waals surface area contributed by atoms with E-state index >= 15 is 0 Å². The summed E-state index contributed by atoms with van der Waals surface area (Å²) in [4.78, 5) is 28.8. The molecular formula is C30H33Cl2N3O4S. The van der Waals surface area contributed by atoms with Crippen molar-refractivity contribution < 1.29 is 18.0 Å². The number of carbonyl (C=O) groups excluding carboxylic acids is 2. The van der Waals surface area contributed by atoms with Gasteiger partial charge in [0.1, 0.15) is 12.6 Å². The van der Waals surface area contributed by atoms with Gasteiger partial charge in [-0.05, 0) is 74.2 Å². The molecule has 3 aromatic carbocycles. The van der Waals surface area contributed by atoms with Gasteiger partial charge in [-0.2, -0.15) is 0 Å². The first-order chi connectivity index (χ1) is 19.1. The summed E-state index contributed by atoms with van der Waals surface area (Å²) >= 11 is 12.3. The molecule has 1 aliphatic carbocycles. The van der Waals surface area contributed by atoms with Crippen molar-refractivity contribution >= 4 is 50.7 Å². The van der Waals surface area contributed by atoms with E-state index in [0.29, 0.717) is 21.3 Å². The summed E-state index contributed by atoms with van der Waals surface area (Å²) in [5, 5.41) is 3.95. The lowest BCUT2D eigenvalue weighted by atomic mass is 10.1. The Balaban J connectivity index is 1.70. The van der Waals surface area contributed by atoms with E-state index in [2.05, 4.69) is 5.32 Å². The van der Waals surface area contributed by atoms with E-state index in [-0.39, 0.29) is 23.4 Å². The maximum Gasteiger partial charge on any atom is 0.264 e. The maximum absolute atomic E-state index is 14.0. The van der Waals surface area contributed by atoms with Crippen molar-refractivity contribution in [1.82, 2.24) is 10.2 Å². The van der Waals surface area contributed by atoms with E-state index < -0.39 is 28.5 Å². The van der Waals surface area contributed by atoms with Crippen molar-refractivity contribution in [2.75, 3.05) is 10.8 Å². The molecule has 0 spiro atoms. The highest BCUT2D eigenvalue weighted by molar-refractivity contribution is 7.92. The number of hydrogen-bond donors (Lipinski definition) is 1. The molecule has 1 atom stereocenters. The molecule has 3 aromatic rings. The maximum atomic E-state index is 14.0. The van der Waals surface area contributed by atoms with Crippen LogP contribution in [0.5, 0.6) is 0 Å². The van der Waals surface area contributed by atoms with Gasteiger partial charge in [0.2, 0.25) is 11.8 Å². The van der Waals surface area contributed by atoms with E-state index in [1.807, 2.05) is 0 Å². The second-order valence-corrected chi connectivity index (χ2v) is 12.8. The lowest BCUT2D eigenvalue weighted by molar-refractivity contribution is -0.139. The molecule has 2 amide bonds. The average molecular weight is 603 g/mol. The molecule has 0 bridgehead atoms. The number of amides is 2. The molecule has 10 heteroatoms. The lowest BCUT2D eigenvalue weighted by Gasteiger charge is -2.33. The molecule has 1 saturated carbocycles. The zero-order valence-corrected chi connectivity index (χ0v) is 24.8. The third kappa shape index (κ3) is 7.16. The number of halogens is 2. The average Bonchev–Trinajstić information content (AvgIpc) is 3.45. The van der Waals surface area contributed by atoms with Gasteiger partial charge in [0.05, 0.1) is 10.6 Å². The van der Waals surface area contributed by atoms with Crippen LogP contribution in [0.25, 0.3) is 0 Å². The number of nitrogens with zero attached hydrogens (tertiary/aromatic N) is 2. The van der Waals surface area contributed by atoms with Gasteiger partial charge < -0.3 is 10.2 Å². The predicted octanol–water partition coefficient (Wildman–Crippen LogP) is 5.97. The van der Waals surface area contributed by atoms with E-state index in [0.717, 1.165) is 35.6 Å². The second-order valence-electron chi connectivity index (χ2n) is 10.1. The molecule has 7 nitrogen and oxygen atoms in total. The Labute approximate surface area is 246 Å². The summed E-state index contributed by atoms with van der Waals surface area (Å²) in [6.07, 6.45) is 3.91. The standard InChI is InChI=1S/C30H33Cl2N3O4S/c1-21-12-15-25(32)18-28(21)35(40(38,39)27-10-4-3-5-11-27)20-29(36)34(19-23-13-16-24(31)17-14-23)22(2)30(37)33-26-8-6-7-9-26/h3-5,10-18,22,26H,6-9,19-20H2,1-2H3,(H,33,37). The second kappa shape index (κ2) is 13.1. The van der Waals surface area contributed by atoms with Crippen LogP contribution < -0.4 is 9.62 Å². The Bertz CT molecular complexity index is 1440. The van der Waals surface area contributed by atoms with Crippen LogP contribution in [0.4, 0.5) is 5.69 Å². The summed E-state index contributed by atoms with van der Waals surface area (Å²) in [6.45, 7) is 3.00. The number of sulfonamides is 1. The minimum absolute atomic E-state index is 0.0402. The number of aryl methyl sites for hydroxylation is 1. The van der Waals surface area contributed by atoms with Crippen molar-refractivity contribution in [3.05, 3.63) is 94.0 Å². The van der Waals surface area contributed by atoms with Gasteiger partial charge >= 0.3 is 0 Å². The monoisotopic (exact) mass is 601 g/mol. The lowest BCUT2D eigenvalue weighted by Crippen LogP contribution is -2.52. The molecule has 4 rings (SSSR count). The number of hydrogen-bond acceptors (Lipinski definition) is 4. The molecule has 1 N–H and O–H groups in total. The van der Waals surface area contributed by atoms with Gasteiger partial charge in [0.25, 0.3) is 10.0 Å². The van der Waals surface area contributed by atoms with Crippen LogP contribution in [0.15, 0.2) is 77.7 Å². The van der Waals surface area contributed by atoms with Crippen LogP contribution in [-0.2, 0) is 26.2 Å². The van der Waals surface area contributed by atoms with Crippen LogP contribution in [-0.4, -0.2) is 43.8 Å². The fourth-order valence-electron chi connectivity index (χ4n) is 4.85. The Morgan fingerprint density at radius 1 is 0.950 bits per heavy atom. The first-order valence-electron chi connectivity index (χ1n) is 13.2. The summed E-state index contributed by atoms with van der Waals surface area (Å²) in [6, 6.07) is 19.1. The van der Waals surface area contributed by atoms with Gasteiger partial charge in [0, 0.05) is 22.6 Å². The fourth-order valence-corrected chi connectivity index (χ4v) is 6.63. The molecule has 1 fully saturated rings. The zero-order chi connectivity index (χ0) is 28.9. The largest absolute Gasteiger partial charge is 0.352 e. The summed E-state index contributed by atoms with van der Waals surface area (Å²) in [5.41, 5.74) is 1.68. The number of benzene rings is 3. The zero-order valence-electron chi connectivity index (χ0n) is 22.5. The topological polar surface area (TPSA) is 86.8 Å². The first-order valence-corrected chi connectivity index (χ1v) is 15.4. The van der Waals surface area contributed by atoms with Crippen molar-refractivity contribution in [3.8, 4) is 0 Å². The molecule has 0 radical (unpaired) electrons. The van der Waals surface area contributed by atoms with Crippen molar-refractivity contribution in [2.24, 2.45) is 0 Å². The molecule has 212 valence electrons. The van der Waals surface area contributed by atoms with Crippen LogP contribution in [0.1, 0.15) is 43.7 Å².